The fraction of sp³-hybridized carbons (Fsp3) is 0.133. The molecule has 2 rings (SSSR count). The standard InChI is InChI=1S/C15H13F2NOS/c16-12-5-6-13(15(18)20)11(7-12)9-19-8-10-3-1-2-4-14(10)17/h1-7H,8-9H2,(H2,18,20). The first kappa shape index (κ1) is 14.6. The maximum Gasteiger partial charge on any atom is 0.128 e. The van der Waals surface area contributed by atoms with Crippen LogP contribution in [-0.4, -0.2) is 4.99 Å². The molecule has 20 heavy (non-hydrogen) atoms. The van der Waals surface area contributed by atoms with E-state index in [0.717, 1.165) is 0 Å². The van der Waals surface area contributed by atoms with E-state index in [1.807, 2.05) is 0 Å². The van der Waals surface area contributed by atoms with Crippen molar-refractivity contribution in [2.24, 2.45) is 5.73 Å². The molecule has 104 valence electrons. The number of thiocarbonyl (C=S) groups is 1. The van der Waals surface area contributed by atoms with Gasteiger partial charge in [-0.15, -0.1) is 0 Å². The average Bonchev–Trinajstić information content (AvgIpc) is 2.41. The summed E-state index contributed by atoms with van der Waals surface area (Å²) in [4.78, 5) is 0.175. The fourth-order valence-corrected chi connectivity index (χ4v) is 2.01. The molecule has 0 aliphatic carbocycles. The van der Waals surface area contributed by atoms with Gasteiger partial charge in [-0.25, -0.2) is 8.78 Å². The molecule has 0 saturated heterocycles. The van der Waals surface area contributed by atoms with Gasteiger partial charge in [0.25, 0.3) is 0 Å². The topological polar surface area (TPSA) is 35.2 Å². The number of hydrogen-bond donors (Lipinski definition) is 1. The van der Waals surface area contributed by atoms with Crippen molar-refractivity contribution in [2.75, 3.05) is 0 Å². The van der Waals surface area contributed by atoms with Gasteiger partial charge in [-0.05, 0) is 29.8 Å². The number of hydrogen-bond acceptors (Lipinski definition) is 2. The quantitative estimate of drug-likeness (QED) is 0.859. The summed E-state index contributed by atoms with van der Waals surface area (Å²) in [5.41, 5.74) is 7.12. The summed E-state index contributed by atoms with van der Waals surface area (Å²) in [6.07, 6.45) is 0. The zero-order valence-electron chi connectivity index (χ0n) is 10.6. The number of nitrogens with two attached hydrogens (primary N) is 1. The fourth-order valence-electron chi connectivity index (χ4n) is 1.81. The first-order valence-electron chi connectivity index (χ1n) is 5.97. The molecule has 0 heterocycles. The van der Waals surface area contributed by atoms with Gasteiger partial charge in [0.15, 0.2) is 0 Å². The maximum atomic E-state index is 13.4. The smallest absolute Gasteiger partial charge is 0.128 e. The highest BCUT2D eigenvalue weighted by Crippen LogP contribution is 2.15. The van der Waals surface area contributed by atoms with Gasteiger partial charge in [-0.3, -0.25) is 0 Å². The lowest BCUT2D eigenvalue weighted by Crippen LogP contribution is -2.13. The molecule has 0 saturated carbocycles. The first-order chi connectivity index (χ1) is 9.58. The molecule has 0 aromatic heterocycles. The summed E-state index contributed by atoms with van der Waals surface area (Å²) in [5, 5.41) is 0. The van der Waals surface area contributed by atoms with Crippen LogP contribution in [0.5, 0.6) is 0 Å². The molecule has 0 amide bonds. The van der Waals surface area contributed by atoms with Gasteiger partial charge < -0.3 is 10.5 Å². The molecular formula is C15H13F2NOS. The molecule has 0 radical (unpaired) electrons. The highest BCUT2D eigenvalue weighted by molar-refractivity contribution is 7.80. The molecule has 2 N–H and O–H groups in total. The molecule has 0 aliphatic heterocycles. The van der Waals surface area contributed by atoms with Gasteiger partial charge in [0.1, 0.15) is 16.6 Å². The van der Waals surface area contributed by atoms with Crippen LogP contribution in [0.3, 0.4) is 0 Å². The van der Waals surface area contributed by atoms with Crippen LogP contribution in [-0.2, 0) is 18.0 Å². The van der Waals surface area contributed by atoms with Crippen LogP contribution in [0.1, 0.15) is 16.7 Å². The van der Waals surface area contributed by atoms with E-state index in [4.69, 9.17) is 22.7 Å². The molecule has 2 nitrogen and oxygen atoms in total. The molecule has 0 aliphatic rings. The molecule has 5 heteroatoms. The van der Waals surface area contributed by atoms with Crippen LogP contribution >= 0.6 is 12.2 Å². The van der Waals surface area contributed by atoms with E-state index < -0.39 is 5.82 Å². The predicted molar refractivity (Wildman–Crippen MR) is 77.2 cm³/mol. The van der Waals surface area contributed by atoms with Gasteiger partial charge in [-0.1, -0.05) is 30.4 Å². The van der Waals surface area contributed by atoms with Gasteiger partial charge in [0.05, 0.1) is 13.2 Å². The molecule has 2 aromatic carbocycles. The first-order valence-corrected chi connectivity index (χ1v) is 6.38. The second-order valence-electron chi connectivity index (χ2n) is 4.25. The number of benzene rings is 2. The predicted octanol–water partition coefficient (Wildman–Crippen LogP) is 3.32. The third kappa shape index (κ3) is 3.59. The van der Waals surface area contributed by atoms with Gasteiger partial charge >= 0.3 is 0 Å². The summed E-state index contributed by atoms with van der Waals surface area (Å²) in [6, 6.07) is 10.4. The van der Waals surface area contributed by atoms with E-state index in [2.05, 4.69) is 0 Å². The van der Waals surface area contributed by atoms with Crippen LogP contribution < -0.4 is 5.73 Å². The Morgan fingerprint density at radius 3 is 2.45 bits per heavy atom. The van der Waals surface area contributed by atoms with Gasteiger partial charge in [-0.2, -0.15) is 0 Å². The second-order valence-corrected chi connectivity index (χ2v) is 4.69. The minimum Gasteiger partial charge on any atom is -0.389 e. The summed E-state index contributed by atoms with van der Waals surface area (Å²) in [6.45, 7) is 0.207. The van der Waals surface area contributed by atoms with E-state index in [0.29, 0.717) is 16.7 Å². The van der Waals surface area contributed by atoms with Crippen molar-refractivity contribution in [3.05, 3.63) is 70.8 Å². The van der Waals surface area contributed by atoms with Crippen LogP contribution in [0.25, 0.3) is 0 Å². The van der Waals surface area contributed by atoms with E-state index in [1.54, 1.807) is 18.2 Å². The van der Waals surface area contributed by atoms with Crippen molar-refractivity contribution in [1.82, 2.24) is 0 Å². The van der Waals surface area contributed by atoms with Crippen LogP contribution in [0, 0.1) is 11.6 Å². The molecule has 0 bridgehead atoms. The van der Waals surface area contributed by atoms with Crippen molar-refractivity contribution >= 4 is 17.2 Å². The Morgan fingerprint density at radius 1 is 1.05 bits per heavy atom. The summed E-state index contributed by atoms with van der Waals surface area (Å²) in [5.74, 6) is -0.726. The lowest BCUT2D eigenvalue weighted by molar-refractivity contribution is 0.104. The highest BCUT2D eigenvalue weighted by atomic mass is 32.1. The Kier molecular flexibility index (Phi) is 4.76. The number of ether oxygens (including phenoxy) is 1. The third-order valence-corrected chi connectivity index (χ3v) is 3.03. The SMILES string of the molecule is NC(=S)c1ccc(F)cc1COCc1ccccc1F. The molecule has 0 fully saturated rings. The third-order valence-electron chi connectivity index (χ3n) is 2.81. The van der Waals surface area contributed by atoms with E-state index in [-0.39, 0.29) is 24.0 Å². The minimum absolute atomic E-state index is 0.0972. The Hall–Kier alpha value is -1.85. The van der Waals surface area contributed by atoms with Crippen LogP contribution in [0.4, 0.5) is 8.78 Å². The summed E-state index contributed by atoms with van der Waals surface area (Å²) >= 11 is 4.90. The zero-order chi connectivity index (χ0) is 14.5. The van der Waals surface area contributed by atoms with Gasteiger partial charge in [0.2, 0.25) is 0 Å². The van der Waals surface area contributed by atoms with Crippen molar-refractivity contribution < 1.29 is 13.5 Å². The lowest BCUT2D eigenvalue weighted by atomic mass is 10.1. The molecule has 2 aromatic rings. The van der Waals surface area contributed by atoms with Crippen LogP contribution in [0.2, 0.25) is 0 Å². The molecule has 0 atom stereocenters. The summed E-state index contributed by atoms with van der Waals surface area (Å²) in [7, 11) is 0. The normalized spacial score (nSPS) is 10.5. The average molecular weight is 293 g/mol. The van der Waals surface area contributed by atoms with Crippen LogP contribution in [0.15, 0.2) is 42.5 Å². The number of halogens is 2. The van der Waals surface area contributed by atoms with Crippen molar-refractivity contribution in [1.29, 1.82) is 0 Å². The lowest BCUT2D eigenvalue weighted by Gasteiger charge is -2.10. The van der Waals surface area contributed by atoms with Crippen molar-refractivity contribution in [2.45, 2.75) is 13.2 Å². The van der Waals surface area contributed by atoms with Crippen molar-refractivity contribution in [3.8, 4) is 0 Å². The second kappa shape index (κ2) is 6.54. The minimum atomic E-state index is -0.394. The number of rotatable bonds is 5. The highest BCUT2D eigenvalue weighted by Gasteiger charge is 2.08. The van der Waals surface area contributed by atoms with Crippen molar-refractivity contribution in [3.63, 3.8) is 0 Å². The Labute approximate surface area is 121 Å². The van der Waals surface area contributed by atoms with Gasteiger partial charge in [0, 0.05) is 11.1 Å². The Bertz CT molecular complexity index is 631. The van der Waals surface area contributed by atoms with E-state index in [9.17, 15) is 8.78 Å². The Balaban J connectivity index is 2.06. The van der Waals surface area contributed by atoms with E-state index in [1.165, 1.54) is 24.3 Å². The largest absolute Gasteiger partial charge is 0.389 e. The zero-order valence-corrected chi connectivity index (χ0v) is 11.4. The molecule has 0 unspecified atom stereocenters. The van der Waals surface area contributed by atoms with E-state index >= 15 is 0 Å². The molecule has 0 spiro atoms. The Morgan fingerprint density at radius 2 is 1.75 bits per heavy atom. The monoisotopic (exact) mass is 293 g/mol. The maximum absolute atomic E-state index is 13.4. The summed E-state index contributed by atoms with van der Waals surface area (Å²) < 4.78 is 32.0. The molecular weight excluding hydrogens is 280 g/mol.